The van der Waals surface area contributed by atoms with Gasteiger partial charge < -0.3 is 9.80 Å². The first-order valence-electron chi connectivity index (χ1n) is 8.29. The van der Waals surface area contributed by atoms with Crippen molar-refractivity contribution in [2.45, 2.75) is 19.0 Å². The zero-order valence-electron chi connectivity index (χ0n) is 14.6. The third kappa shape index (κ3) is 3.66. The highest BCUT2D eigenvalue weighted by atomic mass is 19.4. The predicted octanol–water partition coefficient (Wildman–Crippen LogP) is 2.59. The predicted molar refractivity (Wildman–Crippen MR) is 90.0 cm³/mol. The van der Waals surface area contributed by atoms with Crippen molar-refractivity contribution in [2.24, 2.45) is 5.92 Å². The van der Waals surface area contributed by atoms with E-state index in [0.29, 0.717) is 37.3 Å². The van der Waals surface area contributed by atoms with Crippen LogP contribution in [0.2, 0.25) is 0 Å². The molecule has 1 saturated heterocycles. The van der Waals surface area contributed by atoms with Gasteiger partial charge in [0.05, 0.1) is 29.3 Å². The number of carbonyl (C=O) groups excluding carboxylic acids is 1. The van der Waals surface area contributed by atoms with E-state index >= 15 is 0 Å². The first-order valence-corrected chi connectivity index (χ1v) is 8.29. The van der Waals surface area contributed by atoms with Crippen LogP contribution in [0, 0.1) is 5.92 Å². The van der Waals surface area contributed by atoms with E-state index in [1.165, 1.54) is 10.9 Å². The summed E-state index contributed by atoms with van der Waals surface area (Å²) in [5.41, 5.74) is 0.448. The fraction of sp³-hybridized carbons (Fsp3) is 0.471. The van der Waals surface area contributed by atoms with Gasteiger partial charge in [-0.15, -0.1) is 0 Å². The maximum absolute atomic E-state index is 12.8. The highest BCUT2D eigenvalue weighted by molar-refractivity contribution is 5.78. The average molecular weight is 367 g/mol. The van der Waals surface area contributed by atoms with Gasteiger partial charge in [0.15, 0.2) is 0 Å². The second-order valence-corrected chi connectivity index (χ2v) is 6.53. The zero-order valence-corrected chi connectivity index (χ0v) is 14.6. The molecule has 0 saturated carbocycles. The van der Waals surface area contributed by atoms with E-state index in [1.807, 2.05) is 4.90 Å². The lowest BCUT2D eigenvalue weighted by Crippen LogP contribution is -2.40. The van der Waals surface area contributed by atoms with Crippen molar-refractivity contribution in [1.29, 1.82) is 0 Å². The average Bonchev–Trinajstić information content (AvgIpc) is 3.11. The van der Waals surface area contributed by atoms with Gasteiger partial charge in [-0.05, 0) is 18.9 Å². The number of hydrogen-bond acceptors (Lipinski definition) is 4. The summed E-state index contributed by atoms with van der Waals surface area (Å²) in [5, 5.41) is 3.86. The van der Waals surface area contributed by atoms with Gasteiger partial charge in [0.25, 0.3) is 0 Å². The number of hydrogen-bond donors (Lipinski definition) is 0. The number of amides is 1. The Morgan fingerprint density at radius 3 is 2.46 bits per heavy atom. The third-order valence-corrected chi connectivity index (χ3v) is 4.56. The molecule has 3 rings (SSSR count). The summed E-state index contributed by atoms with van der Waals surface area (Å²) < 4.78 is 39.8. The number of pyridine rings is 1. The van der Waals surface area contributed by atoms with Crippen LogP contribution in [0.4, 0.5) is 18.9 Å². The Kier molecular flexibility index (Phi) is 4.88. The maximum Gasteiger partial charge on any atom is 0.419 e. The van der Waals surface area contributed by atoms with Gasteiger partial charge in [-0.3, -0.25) is 9.78 Å². The van der Waals surface area contributed by atoms with Crippen LogP contribution in [-0.2, 0) is 11.0 Å². The number of nitrogens with zero attached hydrogens (tertiary/aromatic N) is 5. The standard InChI is InChI=1S/C17H20F3N5O/c1-23(2)16(26)12-4-7-24(8-5-12)15-10-21-6-3-14(15)25-11-13(9-22-25)17(18,19)20/h3,6,9-12H,4-5,7-8H2,1-2H3. The molecule has 0 aliphatic carbocycles. The molecule has 1 amide bonds. The molecule has 1 aliphatic heterocycles. The van der Waals surface area contributed by atoms with E-state index in [0.717, 1.165) is 12.4 Å². The molecule has 3 heterocycles. The smallest absolute Gasteiger partial charge is 0.368 e. The highest BCUT2D eigenvalue weighted by Crippen LogP contribution is 2.32. The first-order chi connectivity index (χ1) is 12.3. The van der Waals surface area contributed by atoms with Crippen molar-refractivity contribution in [3.63, 3.8) is 0 Å². The molecule has 0 unspecified atom stereocenters. The molecule has 26 heavy (non-hydrogen) atoms. The van der Waals surface area contributed by atoms with Gasteiger partial charge in [-0.2, -0.15) is 18.3 Å². The first kappa shape index (κ1) is 18.2. The van der Waals surface area contributed by atoms with E-state index in [4.69, 9.17) is 0 Å². The number of anilines is 1. The largest absolute Gasteiger partial charge is 0.419 e. The molecule has 2 aromatic rings. The molecule has 0 radical (unpaired) electrons. The quantitative estimate of drug-likeness (QED) is 0.837. The molecule has 0 spiro atoms. The van der Waals surface area contributed by atoms with Crippen LogP contribution >= 0.6 is 0 Å². The Labute approximate surface area is 149 Å². The summed E-state index contributed by atoms with van der Waals surface area (Å²) >= 11 is 0. The van der Waals surface area contributed by atoms with Crippen LogP contribution in [0.3, 0.4) is 0 Å². The lowest BCUT2D eigenvalue weighted by Gasteiger charge is -2.34. The van der Waals surface area contributed by atoms with Crippen LogP contribution in [0.5, 0.6) is 0 Å². The van der Waals surface area contributed by atoms with E-state index in [2.05, 4.69) is 10.1 Å². The summed E-state index contributed by atoms with van der Waals surface area (Å²) in [7, 11) is 3.48. The molecule has 1 fully saturated rings. The van der Waals surface area contributed by atoms with Crippen molar-refractivity contribution >= 4 is 11.6 Å². The minimum absolute atomic E-state index is 0.0251. The van der Waals surface area contributed by atoms with Gasteiger partial charge in [0.1, 0.15) is 0 Å². The number of aromatic nitrogens is 3. The van der Waals surface area contributed by atoms with Crippen molar-refractivity contribution in [3.05, 3.63) is 36.4 Å². The molecule has 1 aliphatic rings. The number of alkyl halides is 3. The molecular weight excluding hydrogens is 347 g/mol. The van der Waals surface area contributed by atoms with E-state index < -0.39 is 11.7 Å². The second-order valence-electron chi connectivity index (χ2n) is 6.53. The summed E-state index contributed by atoms with van der Waals surface area (Å²) in [5.74, 6) is 0.0841. The van der Waals surface area contributed by atoms with Crippen molar-refractivity contribution in [3.8, 4) is 5.69 Å². The minimum Gasteiger partial charge on any atom is -0.368 e. The van der Waals surface area contributed by atoms with Crippen LogP contribution in [0.25, 0.3) is 5.69 Å². The summed E-state index contributed by atoms with van der Waals surface area (Å²) in [6, 6.07) is 1.64. The molecule has 9 heteroatoms. The molecule has 0 aromatic carbocycles. The maximum atomic E-state index is 12.8. The molecule has 2 aromatic heterocycles. The molecule has 6 nitrogen and oxygen atoms in total. The van der Waals surface area contributed by atoms with E-state index in [1.54, 1.807) is 31.3 Å². The van der Waals surface area contributed by atoms with Crippen LogP contribution < -0.4 is 4.90 Å². The number of carbonyl (C=O) groups is 1. The van der Waals surface area contributed by atoms with Crippen LogP contribution in [0.15, 0.2) is 30.9 Å². The molecular formula is C17H20F3N5O. The Balaban J connectivity index is 1.81. The normalized spacial score (nSPS) is 16.0. The van der Waals surface area contributed by atoms with Gasteiger partial charge in [0.2, 0.25) is 5.91 Å². The van der Waals surface area contributed by atoms with Crippen molar-refractivity contribution in [2.75, 3.05) is 32.1 Å². The summed E-state index contributed by atoms with van der Waals surface area (Å²) in [6.07, 6.45) is 1.88. The second kappa shape index (κ2) is 6.97. The van der Waals surface area contributed by atoms with E-state index in [9.17, 15) is 18.0 Å². The van der Waals surface area contributed by atoms with Gasteiger partial charge in [0, 0.05) is 45.5 Å². The highest BCUT2D eigenvalue weighted by Gasteiger charge is 2.33. The van der Waals surface area contributed by atoms with Crippen molar-refractivity contribution in [1.82, 2.24) is 19.7 Å². The lowest BCUT2D eigenvalue weighted by atomic mass is 9.95. The molecule has 0 N–H and O–H groups in total. The third-order valence-electron chi connectivity index (χ3n) is 4.56. The van der Waals surface area contributed by atoms with Gasteiger partial charge >= 0.3 is 6.18 Å². The topological polar surface area (TPSA) is 54.3 Å². The zero-order chi connectivity index (χ0) is 18.9. The van der Waals surface area contributed by atoms with Gasteiger partial charge in [-0.25, -0.2) is 4.68 Å². The number of piperidine rings is 1. The monoisotopic (exact) mass is 367 g/mol. The van der Waals surface area contributed by atoms with Gasteiger partial charge in [-0.1, -0.05) is 0 Å². The summed E-state index contributed by atoms with van der Waals surface area (Å²) in [6.45, 7) is 1.27. The van der Waals surface area contributed by atoms with E-state index in [-0.39, 0.29) is 11.8 Å². The number of rotatable bonds is 3. The SMILES string of the molecule is CN(C)C(=O)C1CCN(c2cnccc2-n2cc(C(F)(F)F)cn2)CC1. The fourth-order valence-corrected chi connectivity index (χ4v) is 3.15. The molecule has 0 atom stereocenters. The van der Waals surface area contributed by atoms with Crippen molar-refractivity contribution < 1.29 is 18.0 Å². The Bertz CT molecular complexity index is 779. The molecule has 0 bridgehead atoms. The summed E-state index contributed by atoms with van der Waals surface area (Å²) in [4.78, 5) is 19.8. The Morgan fingerprint density at radius 1 is 1.19 bits per heavy atom. The Hall–Kier alpha value is -2.58. The van der Waals surface area contributed by atoms with Crippen LogP contribution in [-0.4, -0.2) is 52.8 Å². The Morgan fingerprint density at radius 2 is 1.88 bits per heavy atom. The minimum atomic E-state index is -4.43. The molecule has 140 valence electrons. The lowest BCUT2D eigenvalue weighted by molar-refractivity contribution is -0.137. The van der Waals surface area contributed by atoms with Crippen LogP contribution in [0.1, 0.15) is 18.4 Å². The fourth-order valence-electron chi connectivity index (χ4n) is 3.15. The number of halogens is 3.